The van der Waals surface area contributed by atoms with Crippen LogP contribution in [-0.4, -0.2) is 41.1 Å². The second-order valence-electron chi connectivity index (χ2n) is 9.66. The van der Waals surface area contributed by atoms with Crippen LogP contribution < -0.4 is 9.62 Å². The molecule has 1 amide bonds. The SMILES string of the molecule is CC1(Cc2ccc(Br)cc2)C(=O)N(c2cc(Cl)cc(Cl)c2)c2ncc(S(=O)(=O)NC3CCCCC3O)n21. The Labute approximate surface area is 233 Å². The summed E-state index contributed by atoms with van der Waals surface area (Å²) in [6, 6.07) is 11.6. The van der Waals surface area contributed by atoms with Crippen molar-refractivity contribution in [2.75, 3.05) is 4.90 Å². The Bertz CT molecular complexity index is 1440. The second-order valence-corrected chi connectivity index (χ2v) is 13.1. The van der Waals surface area contributed by atoms with Crippen molar-refractivity contribution >= 4 is 66.7 Å². The highest BCUT2D eigenvalue weighted by molar-refractivity contribution is 9.10. The van der Waals surface area contributed by atoms with Crippen LogP contribution in [0, 0.1) is 0 Å². The number of aliphatic hydroxyl groups is 1. The summed E-state index contributed by atoms with van der Waals surface area (Å²) in [4.78, 5) is 19.8. The highest BCUT2D eigenvalue weighted by Gasteiger charge is 2.52. The van der Waals surface area contributed by atoms with E-state index in [1.807, 2.05) is 24.3 Å². The van der Waals surface area contributed by atoms with Gasteiger partial charge in [0, 0.05) is 27.0 Å². The first-order valence-electron chi connectivity index (χ1n) is 11.8. The molecule has 2 aliphatic rings. The van der Waals surface area contributed by atoms with E-state index in [9.17, 15) is 18.3 Å². The maximum Gasteiger partial charge on any atom is 0.260 e. The number of hydrogen-bond donors (Lipinski definition) is 2. The molecule has 37 heavy (non-hydrogen) atoms. The van der Waals surface area contributed by atoms with Gasteiger partial charge in [-0.15, -0.1) is 0 Å². The molecule has 3 unspecified atom stereocenters. The van der Waals surface area contributed by atoms with Gasteiger partial charge in [0.1, 0.15) is 5.54 Å². The van der Waals surface area contributed by atoms with Crippen molar-refractivity contribution in [3.63, 3.8) is 0 Å². The number of carbonyl (C=O) groups is 1. The fraction of sp³-hybridized carbons (Fsp3) is 0.360. The third-order valence-electron chi connectivity index (χ3n) is 6.95. The van der Waals surface area contributed by atoms with Gasteiger partial charge in [-0.25, -0.2) is 23.0 Å². The van der Waals surface area contributed by atoms with E-state index in [-0.39, 0.29) is 23.3 Å². The summed E-state index contributed by atoms with van der Waals surface area (Å²) in [5.74, 6) is -0.224. The number of hydrogen-bond acceptors (Lipinski definition) is 5. The zero-order valence-corrected chi connectivity index (χ0v) is 23.8. The molecular weight excluding hydrogens is 603 g/mol. The van der Waals surface area contributed by atoms with Crippen LogP contribution in [0.2, 0.25) is 10.0 Å². The molecule has 0 radical (unpaired) electrons. The van der Waals surface area contributed by atoms with Crippen molar-refractivity contribution in [1.29, 1.82) is 0 Å². The van der Waals surface area contributed by atoms with E-state index < -0.39 is 27.7 Å². The Morgan fingerprint density at radius 3 is 2.43 bits per heavy atom. The standard InChI is InChI=1S/C25H25BrCl2N4O4S/c1-25(13-15-6-8-16(26)9-7-15)23(34)31(19-11-17(27)10-18(28)12-19)24-29-14-22(32(24)25)37(35,36)30-20-4-2-3-5-21(20)33/h6-12,14,20-21,30,33H,2-5,13H2,1H3. The van der Waals surface area contributed by atoms with Crippen LogP contribution in [0.25, 0.3) is 0 Å². The van der Waals surface area contributed by atoms with Crippen molar-refractivity contribution in [2.45, 2.75) is 61.7 Å². The lowest BCUT2D eigenvalue weighted by atomic mass is 9.92. The van der Waals surface area contributed by atoms with Gasteiger partial charge in [0.05, 0.1) is 18.0 Å². The molecule has 1 saturated carbocycles. The maximum absolute atomic E-state index is 14.1. The molecule has 3 atom stereocenters. The molecule has 0 saturated heterocycles. The van der Waals surface area contributed by atoms with E-state index in [4.69, 9.17) is 23.2 Å². The first kappa shape index (κ1) is 26.6. The average molecular weight is 628 g/mol. The highest BCUT2D eigenvalue weighted by atomic mass is 79.9. The first-order valence-corrected chi connectivity index (χ1v) is 14.9. The van der Waals surface area contributed by atoms with Crippen LogP contribution >= 0.6 is 39.1 Å². The van der Waals surface area contributed by atoms with Gasteiger partial charge in [-0.3, -0.25) is 9.36 Å². The third-order valence-corrected chi connectivity index (χ3v) is 9.36. The smallest absolute Gasteiger partial charge is 0.260 e. The summed E-state index contributed by atoms with van der Waals surface area (Å²) in [5, 5.41) is 10.9. The predicted octanol–water partition coefficient (Wildman–Crippen LogP) is 5.17. The van der Waals surface area contributed by atoms with Gasteiger partial charge in [-0.05, 0) is 55.7 Å². The van der Waals surface area contributed by atoms with Crippen LogP contribution in [0.15, 0.2) is 58.2 Å². The number of fused-ring (bicyclic) bond motifs is 1. The molecule has 1 fully saturated rings. The first-order chi connectivity index (χ1) is 17.5. The lowest BCUT2D eigenvalue weighted by Crippen LogP contribution is -2.47. The van der Waals surface area contributed by atoms with Gasteiger partial charge >= 0.3 is 0 Å². The summed E-state index contributed by atoms with van der Waals surface area (Å²) in [5.41, 5.74) is -0.110. The number of nitrogens with zero attached hydrogens (tertiary/aromatic N) is 3. The zero-order chi connectivity index (χ0) is 26.5. The van der Waals surface area contributed by atoms with Gasteiger partial charge in [0.15, 0.2) is 5.03 Å². The number of imidazole rings is 1. The van der Waals surface area contributed by atoms with Crippen molar-refractivity contribution in [3.05, 3.63) is 68.7 Å². The molecule has 2 N–H and O–H groups in total. The number of rotatable bonds is 6. The number of halogens is 3. The number of sulfonamides is 1. The summed E-state index contributed by atoms with van der Waals surface area (Å²) in [6.07, 6.45) is 3.41. The van der Waals surface area contributed by atoms with Gasteiger partial charge in [-0.1, -0.05) is 64.1 Å². The zero-order valence-electron chi connectivity index (χ0n) is 19.9. The van der Waals surface area contributed by atoms with E-state index in [1.165, 1.54) is 15.7 Å². The molecule has 1 aromatic heterocycles. The Hall–Kier alpha value is -1.95. The predicted molar refractivity (Wildman–Crippen MR) is 146 cm³/mol. The Morgan fingerprint density at radius 2 is 1.78 bits per heavy atom. The molecular formula is C25H25BrCl2N4O4S. The normalized spacial score (nSPS) is 23.9. The molecule has 0 bridgehead atoms. The van der Waals surface area contributed by atoms with Crippen LogP contribution in [-0.2, 0) is 26.8 Å². The van der Waals surface area contributed by atoms with Gasteiger partial charge < -0.3 is 5.11 Å². The quantitative estimate of drug-likeness (QED) is 0.392. The van der Waals surface area contributed by atoms with E-state index in [0.29, 0.717) is 28.6 Å². The molecule has 196 valence electrons. The fourth-order valence-corrected chi connectivity index (χ4v) is 7.42. The summed E-state index contributed by atoms with van der Waals surface area (Å²) < 4.78 is 32.3. The second kappa shape index (κ2) is 9.98. The van der Waals surface area contributed by atoms with Crippen LogP contribution in [0.3, 0.4) is 0 Å². The number of nitrogens with one attached hydrogen (secondary N) is 1. The van der Waals surface area contributed by atoms with E-state index in [0.717, 1.165) is 22.9 Å². The van der Waals surface area contributed by atoms with Crippen molar-refractivity contribution in [1.82, 2.24) is 14.3 Å². The monoisotopic (exact) mass is 626 g/mol. The molecule has 2 heterocycles. The molecule has 3 aromatic rings. The number of aliphatic hydroxyl groups excluding tert-OH is 1. The third kappa shape index (κ3) is 4.95. The fourth-order valence-electron chi connectivity index (χ4n) is 5.13. The Balaban J connectivity index is 1.63. The molecule has 8 nitrogen and oxygen atoms in total. The van der Waals surface area contributed by atoms with Crippen molar-refractivity contribution in [3.8, 4) is 0 Å². The molecule has 12 heteroatoms. The van der Waals surface area contributed by atoms with Crippen molar-refractivity contribution < 1.29 is 18.3 Å². The van der Waals surface area contributed by atoms with Gasteiger partial charge in [0.25, 0.3) is 15.9 Å². The number of anilines is 2. The number of amides is 1. The van der Waals surface area contributed by atoms with Crippen LogP contribution in [0.4, 0.5) is 11.6 Å². The lowest BCUT2D eigenvalue weighted by Gasteiger charge is -2.29. The highest BCUT2D eigenvalue weighted by Crippen LogP contribution is 2.44. The summed E-state index contributed by atoms with van der Waals surface area (Å²) in [6.45, 7) is 1.70. The summed E-state index contributed by atoms with van der Waals surface area (Å²) in [7, 11) is -4.14. The van der Waals surface area contributed by atoms with E-state index in [2.05, 4.69) is 25.6 Å². The minimum absolute atomic E-state index is 0.146. The topological polar surface area (TPSA) is 105 Å². The van der Waals surface area contributed by atoms with E-state index >= 15 is 0 Å². The molecule has 0 spiro atoms. The summed E-state index contributed by atoms with van der Waals surface area (Å²) >= 11 is 15.9. The number of carbonyl (C=O) groups excluding carboxylic acids is 1. The largest absolute Gasteiger partial charge is 0.391 e. The van der Waals surface area contributed by atoms with E-state index in [1.54, 1.807) is 25.1 Å². The van der Waals surface area contributed by atoms with Crippen LogP contribution in [0.5, 0.6) is 0 Å². The molecule has 1 aliphatic carbocycles. The van der Waals surface area contributed by atoms with Gasteiger partial charge in [0.2, 0.25) is 5.95 Å². The number of benzene rings is 2. The average Bonchev–Trinajstić information content (AvgIpc) is 3.35. The molecule has 1 aliphatic heterocycles. The number of aromatic nitrogens is 2. The Morgan fingerprint density at radius 1 is 1.14 bits per heavy atom. The minimum Gasteiger partial charge on any atom is -0.391 e. The van der Waals surface area contributed by atoms with Gasteiger partial charge in [-0.2, -0.15) is 0 Å². The minimum atomic E-state index is -4.14. The van der Waals surface area contributed by atoms with Crippen LogP contribution in [0.1, 0.15) is 38.2 Å². The molecule has 5 rings (SSSR count). The van der Waals surface area contributed by atoms with Crippen molar-refractivity contribution in [2.24, 2.45) is 0 Å². The lowest BCUT2D eigenvalue weighted by molar-refractivity contribution is -0.124. The maximum atomic E-state index is 14.1. The molecule has 2 aromatic carbocycles. The Kier molecular flexibility index (Phi) is 7.19.